The highest BCUT2D eigenvalue weighted by atomic mass is 19.4. The summed E-state index contributed by atoms with van der Waals surface area (Å²) in [5, 5.41) is 6.63. The Kier molecular flexibility index (Phi) is 3.48. The number of halogens is 3. The van der Waals surface area contributed by atoms with Crippen molar-refractivity contribution in [3.8, 4) is 0 Å². The molecular formula is C13H16F3N5. The van der Waals surface area contributed by atoms with Crippen molar-refractivity contribution in [3.05, 3.63) is 24.2 Å². The second-order valence-electron chi connectivity index (χ2n) is 5.37. The summed E-state index contributed by atoms with van der Waals surface area (Å²) < 4.78 is 39.3. The Labute approximate surface area is 119 Å². The molecule has 114 valence electrons. The number of alkyl halides is 3. The van der Waals surface area contributed by atoms with Gasteiger partial charge in [0.2, 0.25) is 0 Å². The molecule has 1 aliphatic carbocycles. The topological polar surface area (TPSA) is 68.2 Å². The smallest absolute Gasteiger partial charge is 0.368 e. The van der Waals surface area contributed by atoms with Gasteiger partial charge in [-0.1, -0.05) is 6.42 Å². The van der Waals surface area contributed by atoms with Crippen molar-refractivity contribution in [1.29, 1.82) is 0 Å². The monoisotopic (exact) mass is 299 g/mol. The highest BCUT2D eigenvalue weighted by Crippen LogP contribution is 2.30. The van der Waals surface area contributed by atoms with E-state index in [1.54, 1.807) is 0 Å². The highest BCUT2D eigenvalue weighted by Gasteiger charge is 2.34. The Hall–Kier alpha value is -1.83. The number of nitrogens with one attached hydrogen (secondary N) is 1. The molecule has 2 unspecified atom stereocenters. The van der Waals surface area contributed by atoms with Crippen LogP contribution in [0.25, 0.3) is 5.52 Å². The van der Waals surface area contributed by atoms with Gasteiger partial charge >= 0.3 is 6.18 Å². The molecule has 0 radical (unpaired) electrons. The van der Waals surface area contributed by atoms with Gasteiger partial charge in [0, 0.05) is 31.0 Å². The SMILES string of the molecule is NC1CCCC1CNc1nccn2nc(C(F)(F)F)cc12. The van der Waals surface area contributed by atoms with Gasteiger partial charge < -0.3 is 11.1 Å². The maximum absolute atomic E-state index is 12.7. The predicted molar refractivity (Wildman–Crippen MR) is 71.8 cm³/mol. The average Bonchev–Trinajstić information content (AvgIpc) is 3.02. The van der Waals surface area contributed by atoms with Crippen LogP contribution in [0.1, 0.15) is 25.0 Å². The van der Waals surface area contributed by atoms with Crippen molar-refractivity contribution in [3.63, 3.8) is 0 Å². The van der Waals surface area contributed by atoms with E-state index in [0.29, 0.717) is 23.8 Å². The molecule has 0 spiro atoms. The number of rotatable bonds is 3. The van der Waals surface area contributed by atoms with Gasteiger partial charge in [-0.05, 0) is 18.8 Å². The zero-order valence-corrected chi connectivity index (χ0v) is 11.3. The van der Waals surface area contributed by atoms with Crippen molar-refractivity contribution in [2.45, 2.75) is 31.5 Å². The van der Waals surface area contributed by atoms with E-state index in [4.69, 9.17) is 5.73 Å². The maximum atomic E-state index is 12.7. The lowest BCUT2D eigenvalue weighted by molar-refractivity contribution is -0.141. The van der Waals surface area contributed by atoms with Crippen LogP contribution in [0.2, 0.25) is 0 Å². The zero-order chi connectivity index (χ0) is 15.0. The minimum atomic E-state index is -4.46. The molecule has 5 nitrogen and oxygen atoms in total. The molecule has 0 aromatic carbocycles. The fourth-order valence-electron chi connectivity index (χ4n) is 2.74. The predicted octanol–water partition coefficient (Wildman–Crippen LogP) is 2.29. The van der Waals surface area contributed by atoms with Crippen molar-refractivity contribution < 1.29 is 13.2 Å². The number of anilines is 1. The van der Waals surface area contributed by atoms with Crippen LogP contribution in [0.4, 0.5) is 19.0 Å². The Morgan fingerprint density at radius 2 is 2.19 bits per heavy atom. The normalized spacial score (nSPS) is 22.9. The van der Waals surface area contributed by atoms with E-state index in [1.807, 2.05) is 0 Å². The molecule has 2 heterocycles. The molecule has 0 bridgehead atoms. The largest absolute Gasteiger partial charge is 0.435 e. The lowest BCUT2D eigenvalue weighted by Gasteiger charge is -2.16. The Balaban J connectivity index is 1.83. The molecule has 8 heteroatoms. The van der Waals surface area contributed by atoms with Gasteiger partial charge in [0.25, 0.3) is 0 Å². The lowest BCUT2D eigenvalue weighted by atomic mass is 10.1. The summed E-state index contributed by atoms with van der Waals surface area (Å²) in [6, 6.07) is 1.15. The molecule has 2 aromatic heterocycles. The summed E-state index contributed by atoms with van der Waals surface area (Å²) >= 11 is 0. The van der Waals surface area contributed by atoms with E-state index in [1.165, 1.54) is 16.9 Å². The van der Waals surface area contributed by atoms with E-state index in [-0.39, 0.29) is 6.04 Å². The lowest BCUT2D eigenvalue weighted by Crippen LogP contribution is -2.29. The number of nitrogens with zero attached hydrogens (tertiary/aromatic N) is 3. The molecule has 2 atom stereocenters. The van der Waals surface area contributed by atoms with Crippen LogP contribution in [0.3, 0.4) is 0 Å². The van der Waals surface area contributed by atoms with Crippen LogP contribution in [0.5, 0.6) is 0 Å². The molecule has 0 amide bonds. The highest BCUT2D eigenvalue weighted by molar-refractivity contribution is 5.67. The van der Waals surface area contributed by atoms with E-state index in [0.717, 1.165) is 25.3 Å². The second-order valence-corrected chi connectivity index (χ2v) is 5.37. The standard InChI is InChI=1S/C13H16F3N5/c14-13(15,16)11-6-10-12(18-4-5-21(10)20-11)19-7-8-2-1-3-9(8)17/h4-6,8-9H,1-3,7,17H2,(H,18,19). The van der Waals surface area contributed by atoms with Crippen LogP contribution < -0.4 is 11.1 Å². The van der Waals surface area contributed by atoms with Gasteiger partial charge in [0.1, 0.15) is 5.52 Å². The second kappa shape index (κ2) is 5.18. The van der Waals surface area contributed by atoms with Crippen LogP contribution in [0, 0.1) is 5.92 Å². The number of hydrogen-bond donors (Lipinski definition) is 2. The molecule has 0 saturated heterocycles. The van der Waals surface area contributed by atoms with Crippen LogP contribution in [-0.4, -0.2) is 27.2 Å². The summed E-state index contributed by atoms with van der Waals surface area (Å²) in [5.41, 5.74) is 5.39. The first kappa shape index (κ1) is 14.1. The number of fused-ring (bicyclic) bond motifs is 1. The zero-order valence-electron chi connectivity index (χ0n) is 11.3. The van der Waals surface area contributed by atoms with Crippen LogP contribution >= 0.6 is 0 Å². The minimum Gasteiger partial charge on any atom is -0.368 e. The van der Waals surface area contributed by atoms with Gasteiger partial charge in [-0.2, -0.15) is 18.3 Å². The van der Waals surface area contributed by atoms with Gasteiger partial charge in [-0.15, -0.1) is 0 Å². The summed E-state index contributed by atoms with van der Waals surface area (Å²) in [4.78, 5) is 4.11. The molecule has 1 fully saturated rings. The van der Waals surface area contributed by atoms with Gasteiger partial charge in [0.05, 0.1) is 0 Å². The van der Waals surface area contributed by atoms with E-state index >= 15 is 0 Å². The van der Waals surface area contributed by atoms with Crippen LogP contribution in [-0.2, 0) is 6.18 Å². The van der Waals surface area contributed by atoms with Gasteiger partial charge in [0.15, 0.2) is 11.5 Å². The molecule has 0 aliphatic heterocycles. The fraction of sp³-hybridized carbons (Fsp3) is 0.538. The van der Waals surface area contributed by atoms with Crippen molar-refractivity contribution in [2.24, 2.45) is 11.7 Å². The minimum absolute atomic E-state index is 0.146. The number of hydrogen-bond acceptors (Lipinski definition) is 4. The number of aromatic nitrogens is 3. The molecule has 3 N–H and O–H groups in total. The molecule has 3 rings (SSSR count). The molecular weight excluding hydrogens is 283 g/mol. The average molecular weight is 299 g/mol. The third kappa shape index (κ3) is 2.80. The Bertz CT molecular complexity index is 636. The molecule has 21 heavy (non-hydrogen) atoms. The van der Waals surface area contributed by atoms with Gasteiger partial charge in [-0.25, -0.2) is 9.50 Å². The first-order valence-electron chi connectivity index (χ1n) is 6.86. The van der Waals surface area contributed by atoms with Gasteiger partial charge in [-0.3, -0.25) is 0 Å². The summed E-state index contributed by atoms with van der Waals surface area (Å²) in [5.74, 6) is 0.733. The maximum Gasteiger partial charge on any atom is 0.435 e. The molecule has 2 aromatic rings. The summed E-state index contributed by atoms with van der Waals surface area (Å²) in [7, 11) is 0. The van der Waals surface area contributed by atoms with Crippen molar-refractivity contribution in [2.75, 3.05) is 11.9 Å². The van der Waals surface area contributed by atoms with E-state index < -0.39 is 11.9 Å². The Morgan fingerprint density at radius 3 is 2.86 bits per heavy atom. The third-order valence-electron chi connectivity index (χ3n) is 3.93. The first-order chi connectivity index (χ1) is 9.95. The summed E-state index contributed by atoms with van der Waals surface area (Å²) in [6.45, 7) is 0.611. The van der Waals surface area contributed by atoms with Crippen LogP contribution in [0.15, 0.2) is 18.5 Å². The number of nitrogens with two attached hydrogens (primary N) is 1. The quantitative estimate of drug-likeness (QED) is 0.912. The first-order valence-corrected chi connectivity index (χ1v) is 6.86. The van der Waals surface area contributed by atoms with Crippen molar-refractivity contribution >= 4 is 11.3 Å². The Morgan fingerprint density at radius 1 is 1.38 bits per heavy atom. The van der Waals surface area contributed by atoms with E-state index in [9.17, 15) is 13.2 Å². The third-order valence-corrected chi connectivity index (χ3v) is 3.93. The molecule has 1 saturated carbocycles. The fourth-order valence-corrected chi connectivity index (χ4v) is 2.74. The molecule has 1 aliphatic rings. The van der Waals surface area contributed by atoms with Crippen molar-refractivity contribution in [1.82, 2.24) is 14.6 Å². The summed E-state index contributed by atoms with van der Waals surface area (Å²) in [6.07, 6.45) is 1.49. The van der Waals surface area contributed by atoms with E-state index in [2.05, 4.69) is 15.4 Å².